The molecular weight excluding hydrogens is 194 g/mol. The Labute approximate surface area is 87.2 Å². The summed E-state index contributed by atoms with van der Waals surface area (Å²) in [5, 5.41) is 11.7. The first-order valence-corrected chi connectivity index (χ1v) is 5.32. The van der Waals surface area contributed by atoms with Crippen molar-refractivity contribution in [2.45, 2.75) is 26.7 Å². The van der Waals surface area contributed by atoms with Crippen LogP contribution in [0.2, 0.25) is 0 Å². The van der Waals surface area contributed by atoms with E-state index in [0.717, 1.165) is 16.9 Å². The molecule has 71 valence electrons. The van der Waals surface area contributed by atoms with E-state index in [4.69, 9.17) is 5.26 Å². The predicted octanol–water partition coefficient (Wildman–Crippen LogP) is 2.58. The number of rotatable bonds is 0. The summed E-state index contributed by atoms with van der Waals surface area (Å²) in [6.45, 7) is 4.12. The Kier molecular flexibility index (Phi) is 1.97. The highest BCUT2D eigenvalue weighted by atomic mass is 32.1. The molecule has 0 aliphatic heterocycles. The van der Waals surface area contributed by atoms with Crippen LogP contribution in [-0.4, -0.2) is 5.78 Å². The number of carbonyl (C=O) groups excluding carboxylic acids is 1. The maximum absolute atomic E-state index is 11.7. The number of nitrogens with zero attached hydrogens (tertiary/aromatic N) is 1. The molecule has 0 saturated carbocycles. The average Bonchev–Trinajstić information content (AvgIpc) is 2.45. The number of ketones is 1. The molecule has 0 saturated heterocycles. The summed E-state index contributed by atoms with van der Waals surface area (Å²) in [5.74, 6) is 0.166. The van der Waals surface area contributed by atoms with Gasteiger partial charge >= 0.3 is 0 Å². The lowest BCUT2D eigenvalue weighted by Gasteiger charge is -2.28. The molecule has 0 atom stereocenters. The monoisotopic (exact) mass is 204 g/mol. The number of hydrogen-bond donors (Lipinski definition) is 0. The number of fused-ring (bicyclic) bond motifs is 1. The standard InChI is InChI=1S/C11H10NOS/c1-11(2)3-8-7(5-12)6-14-10(8)9(13)4-11/h3-4H2,1-2H3. The molecule has 1 radical (unpaired) electrons. The molecule has 0 spiro atoms. The Morgan fingerprint density at radius 3 is 2.86 bits per heavy atom. The molecule has 0 N–H and O–H groups in total. The minimum atomic E-state index is -0.00933. The SMILES string of the molecule is CC1(C)CC(=O)c2s[c]c(C#N)c2C1. The molecule has 14 heavy (non-hydrogen) atoms. The van der Waals surface area contributed by atoms with Crippen LogP contribution in [-0.2, 0) is 6.42 Å². The Balaban J connectivity index is 2.55. The van der Waals surface area contributed by atoms with Crippen LogP contribution in [0.25, 0.3) is 0 Å². The van der Waals surface area contributed by atoms with Gasteiger partial charge in [-0.3, -0.25) is 4.79 Å². The van der Waals surface area contributed by atoms with Crippen molar-refractivity contribution in [2.24, 2.45) is 5.41 Å². The second-order valence-corrected chi connectivity index (χ2v) is 5.26. The molecule has 1 aromatic rings. The minimum absolute atomic E-state index is 0.00933. The molecule has 1 aromatic heterocycles. The second-order valence-electron chi connectivity index (χ2n) is 4.44. The van der Waals surface area contributed by atoms with E-state index < -0.39 is 0 Å². The van der Waals surface area contributed by atoms with E-state index >= 15 is 0 Å². The first-order valence-electron chi connectivity index (χ1n) is 4.50. The van der Waals surface area contributed by atoms with Crippen LogP contribution in [0.4, 0.5) is 0 Å². The van der Waals surface area contributed by atoms with Crippen molar-refractivity contribution < 1.29 is 4.79 Å². The quantitative estimate of drug-likeness (QED) is 0.651. The van der Waals surface area contributed by atoms with Gasteiger partial charge in [-0.15, -0.1) is 11.3 Å². The number of hydrogen-bond acceptors (Lipinski definition) is 3. The van der Waals surface area contributed by atoms with E-state index in [2.05, 4.69) is 25.3 Å². The Bertz CT molecular complexity index is 437. The van der Waals surface area contributed by atoms with Gasteiger partial charge in [-0.25, -0.2) is 0 Å². The molecule has 1 aliphatic rings. The summed E-state index contributed by atoms with van der Waals surface area (Å²) in [6, 6.07) is 2.10. The van der Waals surface area contributed by atoms with Gasteiger partial charge in [0.05, 0.1) is 15.8 Å². The third-order valence-corrected chi connectivity index (χ3v) is 3.47. The number of Topliss-reactive ketones (excluding diaryl/α,β-unsaturated/α-hetero) is 1. The summed E-state index contributed by atoms with van der Waals surface area (Å²) in [6.07, 6.45) is 1.40. The molecule has 1 aliphatic carbocycles. The third-order valence-electron chi connectivity index (χ3n) is 2.49. The minimum Gasteiger partial charge on any atom is -0.293 e. The predicted molar refractivity (Wildman–Crippen MR) is 54.3 cm³/mol. The van der Waals surface area contributed by atoms with Gasteiger partial charge in [0.2, 0.25) is 0 Å². The van der Waals surface area contributed by atoms with Crippen molar-refractivity contribution in [3.05, 3.63) is 21.4 Å². The summed E-state index contributed by atoms with van der Waals surface area (Å²) in [4.78, 5) is 12.5. The molecule has 0 unspecified atom stereocenters. The smallest absolute Gasteiger partial charge is 0.173 e. The van der Waals surface area contributed by atoms with Gasteiger partial charge < -0.3 is 0 Å². The first-order chi connectivity index (χ1) is 6.53. The van der Waals surface area contributed by atoms with Crippen molar-refractivity contribution in [1.29, 1.82) is 5.26 Å². The zero-order valence-corrected chi connectivity index (χ0v) is 8.99. The van der Waals surface area contributed by atoms with E-state index in [-0.39, 0.29) is 11.2 Å². The largest absolute Gasteiger partial charge is 0.293 e. The zero-order chi connectivity index (χ0) is 10.3. The van der Waals surface area contributed by atoms with Crippen LogP contribution >= 0.6 is 11.3 Å². The Morgan fingerprint density at radius 1 is 1.50 bits per heavy atom. The highest BCUT2D eigenvalue weighted by Crippen LogP contribution is 2.38. The van der Waals surface area contributed by atoms with Crippen molar-refractivity contribution in [3.63, 3.8) is 0 Å². The lowest BCUT2D eigenvalue weighted by atomic mass is 9.76. The lowest BCUT2D eigenvalue weighted by molar-refractivity contribution is 0.0917. The summed E-state index contributed by atoms with van der Waals surface area (Å²) >= 11 is 1.29. The second kappa shape index (κ2) is 2.93. The Morgan fingerprint density at radius 2 is 2.21 bits per heavy atom. The van der Waals surface area contributed by atoms with Crippen LogP contribution < -0.4 is 0 Å². The van der Waals surface area contributed by atoms with Crippen LogP contribution in [0.1, 0.15) is 41.1 Å². The first kappa shape index (κ1) is 9.42. The highest BCUT2D eigenvalue weighted by Gasteiger charge is 2.33. The molecule has 2 rings (SSSR count). The molecule has 0 fully saturated rings. The van der Waals surface area contributed by atoms with Gasteiger partial charge in [0.1, 0.15) is 6.07 Å². The van der Waals surface area contributed by atoms with Crippen molar-refractivity contribution in [3.8, 4) is 6.07 Å². The van der Waals surface area contributed by atoms with Gasteiger partial charge in [-0.05, 0) is 17.4 Å². The molecule has 0 bridgehead atoms. The average molecular weight is 204 g/mol. The van der Waals surface area contributed by atoms with Crippen LogP contribution in [0.3, 0.4) is 0 Å². The van der Waals surface area contributed by atoms with E-state index in [1.807, 2.05) is 0 Å². The maximum Gasteiger partial charge on any atom is 0.173 e. The molecule has 0 amide bonds. The molecular formula is C11H10NOS. The van der Waals surface area contributed by atoms with Gasteiger partial charge in [0.25, 0.3) is 0 Å². The van der Waals surface area contributed by atoms with Gasteiger partial charge in [-0.1, -0.05) is 13.8 Å². The fraction of sp³-hybridized carbons (Fsp3) is 0.455. The summed E-state index contributed by atoms with van der Waals surface area (Å²) in [5.41, 5.74) is 1.47. The number of thiophene rings is 1. The van der Waals surface area contributed by atoms with Crippen LogP contribution in [0.15, 0.2) is 0 Å². The third kappa shape index (κ3) is 1.36. The van der Waals surface area contributed by atoms with Crippen molar-refractivity contribution in [2.75, 3.05) is 0 Å². The van der Waals surface area contributed by atoms with Crippen molar-refractivity contribution in [1.82, 2.24) is 0 Å². The Hall–Kier alpha value is -1.14. The maximum atomic E-state index is 11.7. The van der Waals surface area contributed by atoms with Gasteiger partial charge in [0, 0.05) is 6.42 Å². The van der Waals surface area contributed by atoms with E-state index in [1.54, 1.807) is 0 Å². The van der Waals surface area contributed by atoms with Crippen molar-refractivity contribution >= 4 is 17.1 Å². The molecule has 2 nitrogen and oxygen atoms in total. The van der Waals surface area contributed by atoms with E-state index in [9.17, 15) is 4.79 Å². The zero-order valence-electron chi connectivity index (χ0n) is 8.18. The molecule has 0 aromatic carbocycles. The summed E-state index contributed by atoms with van der Waals surface area (Å²) < 4.78 is 0. The molecule has 1 heterocycles. The fourth-order valence-corrected chi connectivity index (χ4v) is 2.74. The lowest BCUT2D eigenvalue weighted by Crippen LogP contribution is -2.25. The molecule has 3 heteroatoms. The van der Waals surface area contributed by atoms with E-state index in [1.165, 1.54) is 11.3 Å². The fourth-order valence-electron chi connectivity index (χ4n) is 1.88. The van der Waals surface area contributed by atoms with Gasteiger partial charge in [-0.2, -0.15) is 5.26 Å². The van der Waals surface area contributed by atoms with E-state index in [0.29, 0.717) is 12.0 Å². The number of carbonyl (C=O) groups is 1. The number of nitriles is 1. The topological polar surface area (TPSA) is 40.9 Å². The highest BCUT2D eigenvalue weighted by molar-refractivity contribution is 7.12. The van der Waals surface area contributed by atoms with Crippen LogP contribution in [0.5, 0.6) is 0 Å². The van der Waals surface area contributed by atoms with Gasteiger partial charge in [0.15, 0.2) is 5.78 Å². The van der Waals surface area contributed by atoms with Crippen LogP contribution in [0, 0.1) is 22.1 Å². The normalized spacial score (nSPS) is 18.8. The summed E-state index contributed by atoms with van der Waals surface area (Å²) in [7, 11) is 0.